The molecule has 0 bridgehead atoms. The van der Waals surface area contributed by atoms with Gasteiger partial charge in [-0.2, -0.15) is 0 Å². The Balaban J connectivity index is 1.33. The molecule has 0 unspecified atom stereocenters. The topological polar surface area (TPSA) is 186 Å². The molecule has 49 heavy (non-hydrogen) atoms. The van der Waals surface area contributed by atoms with Crippen LogP contribution in [0.3, 0.4) is 0 Å². The number of esters is 3. The second-order valence-corrected chi connectivity index (χ2v) is 13.1. The van der Waals surface area contributed by atoms with Crippen LogP contribution in [-0.2, 0) is 43.6 Å². The van der Waals surface area contributed by atoms with E-state index in [1.165, 1.54) is 32.0 Å². The van der Waals surface area contributed by atoms with Gasteiger partial charge in [0.1, 0.15) is 11.5 Å². The molecule has 2 heterocycles. The molecular formula is C36H41NO12. The summed E-state index contributed by atoms with van der Waals surface area (Å²) in [6.07, 6.45) is -3.07. The summed E-state index contributed by atoms with van der Waals surface area (Å²) >= 11 is 0. The molecule has 3 aliphatic rings. The summed E-state index contributed by atoms with van der Waals surface area (Å²) in [4.78, 5) is 65.3. The number of carboxylic acids is 1. The Bertz CT molecular complexity index is 1690. The fourth-order valence-electron chi connectivity index (χ4n) is 7.38. The van der Waals surface area contributed by atoms with Crippen molar-refractivity contribution in [1.82, 2.24) is 4.90 Å². The number of rotatable bonds is 11. The van der Waals surface area contributed by atoms with Crippen LogP contribution in [0.15, 0.2) is 54.3 Å². The van der Waals surface area contributed by atoms with E-state index in [0.717, 1.165) is 5.56 Å². The third-order valence-corrected chi connectivity index (χ3v) is 10.0. The number of carbonyl (C=O) groups excluding carboxylic acids is 4. The molecular weight excluding hydrogens is 638 g/mol. The molecule has 1 aliphatic carbocycles. The molecule has 1 fully saturated rings. The van der Waals surface area contributed by atoms with Gasteiger partial charge in [0.15, 0.2) is 23.7 Å². The first-order valence-electron chi connectivity index (χ1n) is 16.1. The van der Waals surface area contributed by atoms with E-state index >= 15 is 0 Å². The van der Waals surface area contributed by atoms with E-state index in [1.54, 1.807) is 30.3 Å². The Morgan fingerprint density at radius 1 is 1.04 bits per heavy atom. The maximum atomic E-state index is 13.4. The summed E-state index contributed by atoms with van der Waals surface area (Å²) in [5.41, 5.74) is -0.768. The van der Waals surface area contributed by atoms with Crippen LogP contribution in [-0.4, -0.2) is 87.3 Å². The van der Waals surface area contributed by atoms with Crippen LogP contribution >= 0.6 is 0 Å². The SMILES string of the molecule is CC(=O)C[C@@H](CC(=O)OC1=CC[C@@]2(O)[C@@H](C)N(C)CC[C@@]23c2c(C)ccc(O)c2O[C@@H]13)C(=O)O[C@@H](C)C(=O)O[C@H](C(=O)O)c1ccccc1. The second-order valence-electron chi connectivity index (χ2n) is 13.1. The Morgan fingerprint density at radius 3 is 2.39 bits per heavy atom. The molecule has 0 radical (unpaired) electrons. The van der Waals surface area contributed by atoms with Gasteiger partial charge in [-0.05, 0) is 65.4 Å². The van der Waals surface area contributed by atoms with Crippen molar-refractivity contribution < 1.29 is 58.2 Å². The molecule has 5 rings (SSSR count). The summed E-state index contributed by atoms with van der Waals surface area (Å²) in [6.45, 7) is 6.79. The number of aliphatic hydroxyl groups is 1. The number of hydrogen-bond acceptors (Lipinski definition) is 12. The minimum absolute atomic E-state index is 0.106. The molecule has 2 aromatic rings. The van der Waals surface area contributed by atoms with E-state index in [0.29, 0.717) is 18.5 Å². The third kappa shape index (κ3) is 6.40. The molecule has 13 heteroatoms. The van der Waals surface area contributed by atoms with Gasteiger partial charge < -0.3 is 44.0 Å². The molecule has 0 saturated carbocycles. The van der Waals surface area contributed by atoms with Gasteiger partial charge in [0.25, 0.3) is 0 Å². The van der Waals surface area contributed by atoms with Gasteiger partial charge in [0, 0.05) is 30.0 Å². The van der Waals surface area contributed by atoms with Crippen molar-refractivity contribution in [2.75, 3.05) is 13.6 Å². The van der Waals surface area contributed by atoms with Crippen LogP contribution in [0.4, 0.5) is 0 Å². The molecule has 1 saturated heterocycles. The number of likely N-dealkylation sites (tertiary alicyclic amines) is 1. The monoisotopic (exact) mass is 679 g/mol. The van der Waals surface area contributed by atoms with Crippen molar-refractivity contribution >= 4 is 29.7 Å². The average Bonchev–Trinajstić information content (AvgIpc) is 3.42. The highest BCUT2D eigenvalue weighted by Crippen LogP contribution is 2.62. The number of carbonyl (C=O) groups is 5. The lowest BCUT2D eigenvalue weighted by Gasteiger charge is -2.58. The Kier molecular flexibility index (Phi) is 9.89. The maximum Gasteiger partial charge on any atom is 0.349 e. The van der Waals surface area contributed by atoms with Gasteiger partial charge in [-0.25, -0.2) is 9.59 Å². The summed E-state index contributed by atoms with van der Waals surface area (Å²) in [5.74, 6) is -6.07. The number of nitrogens with zero attached hydrogens (tertiary/aromatic N) is 1. The quantitative estimate of drug-likeness (QED) is 0.232. The molecule has 1 spiro atoms. The van der Waals surface area contributed by atoms with Crippen LogP contribution in [0, 0.1) is 12.8 Å². The minimum Gasteiger partial charge on any atom is -0.504 e. The van der Waals surface area contributed by atoms with Crippen LogP contribution < -0.4 is 4.74 Å². The minimum atomic E-state index is -1.65. The number of aryl methyl sites for hydroxylation is 1. The number of benzene rings is 2. The van der Waals surface area contributed by atoms with Gasteiger partial charge >= 0.3 is 23.9 Å². The lowest BCUT2D eigenvalue weighted by Crippen LogP contribution is -2.71. The van der Waals surface area contributed by atoms with Crippen LogP contribution in [0.5, 0.6) is 11.5 Å². The predicted molar refractivity (Wildman–Crippen MR) is 171 cm³/mol. The molecule has 262 valence electrons. The number of aliphatic carboxylic acids is 1. The number of piperidine rings is 1. The number of phenolic OH excluding ortho intramolecular Hbond substituents is 1. The lowest BCUT2D eigenvalue weighted by molar-refractivity contribution is -0.178. The summed E-state index contributed by atoms with van der Waals surface area (Å²) in [7, 11) is 1.92. The number of hydrogen-bond donors (Lipinski definition) is 3. The van der Waals surface area contributed by atoms with Crippen LogP contribution in [0.1, 0.15) is 69.2 Å². The highest BCUT2D eigenvalue weighted by Gasteiger charge is 2.69. The molecule has 2 aliphatic heterocycles. The molecule has 2 aromatic carbocycles. The Hall–Kier alpha value is -4.75. The first-order chi connectivity index (χ1) is 23.1. The average molecular weight is 680 g/mol. The normalized spacial score (nSPS) is 26.0. The first-order valence-corrected chi connectivity index (χ1v) is 16.1. The number of ether oxygens (including phenoxy) is 4. The lowest BCUT2D eigenvalue weighted by atomic mass is 9.54. The van der Waals surface area contributed by atoms with Gasteiger partial charge in [0.2, 0.25) is 6.10 Å². The number of Topliss-reactive ketones (excluding diaryl/α,β-unsaturated/α-hetero) is 1. The van der Waals surface area contributed by atoms with Crippen molar-refractivity contribution in [3.8, 4) is 11.5 Å². The fourth-order valence-corrected chi connectivity index (χ4v) is 7.38. The summed E-state index contributed by atoms with van der Waals surface area (Å²) in [5, 5.41) is 32.7. The fraction of sp³-hybridized carbons (Fsp3) is 0.472. The largest absolute Gasteiger partial charge is 0.504 e. The molecule has 3 N–H and O–H groups in total. The first kappa shape index (κ1) is 35.6. The van der Waals surface area contributed by atoms with Gasteiger partial charge in [-0.1, -0.05) is 36.4 Å². The molecule has 7 atom stereocenters. The van der Waals surface area contributed by atoms with E-state index in [9.17, 15) is 39.3 Å². The van der Waals surface area contributed by atoms with Gasteiger partial charge in [-0.3, -0.25) is 9.59 Å². The highest BCUT2D eigenvalue weighted by molar-refractivity contribution is 5.88. The van der Waals surface area contributed by atoms with Gasteiger partial charge in [0.05, 0.1) is 23.4 Å². The second kappa shape index (κ2) is 13.6. The number of likely N-dealkylation sites (N-methyl/N-ethyl adjacent to an activating group) is 1. The van der Waals surface area contributed by atoms with Crippen molar-refractivity contribution in [3.63, 3.8) is 0 Å². The summed E-state index contributed by atoms with van der Waals surface area (Å²) in [6, 6.07) is 10.7. The maximum absolute atomic E-state index is 13.4. The number of aromatic hydroxyl groups is 1. The van der Waals surface area contributed by atoms with E-state index in [4.69, 9.17) is 18.9 Å². The molecule has 13 nitrogen and oxygen atoms in total. The van der Waals surface area contributed by atoms with E-state index in [2.05, 4.69) is 0 Å². The van der Waals surface area contributed by atoms with Crippen molar-refractivity contribution in [2.24, 2.45) is 5.92 Å². The zero-order chi connectivity index (χ0) is 35.8. The zero-order valence-electron chi connectivity index (χ0n) is 28.0. The number of carboxylic acid groups (broad SMARTS) is 1. The van der Waals surface area contributed by atoms with Crippen molar-refractivity contribution in [2.45, 2.75) is 88.7 Å². The standard InChI is InChI=1S/C36H41NO12/c1-19-11-12-25(39)30-28(19)35-15-16-37(5)22(4)36(35,45)14-13-26(31(35)48-30)47-27(40)18-24(17-20(2)38)34(44)46-21(3)33(43)49-29(32(41)42)23-9-7-6-8-10-23/h6-13,21-22,24,29,31,39,45H,14-18H2,1-5H3,(H,41,42)/t21-,22+,24-,29-,31-,35-,36+/m0/s1. The number of phenols is 1. The zero-order valence-corrected chi connectivity index (χ0v) is 28.0. The van der Waals surface area contributed by atoms with Gasteiger partial charge in [-0.15, -0.1) is 0 Å². The molecule has 0 amide bonds. The van der Waals surface area contributed by atoms with E-state index < -0.39 is 77.7 Å². The van der Waals surface area contributed by atoms with Crippen molar-refractivity contribution in [3.05, 3.63) is 71.0 Å². The van der Waals surface area contributed by atoms with Crippen molar-refractivity contribution in [1.29, 1.82) is 0 Å². The van der Waals surface area contributed by atoms with Crippen LogP contribution in [0.2, 0.25) is 0 Å². The number of fused-ring (bicyclic) bond motifs is 1. The van der Waals surface area contributed by atoms with E-state index in [1.807, 2.05) is 25.8 Å². The number of ketones is 1. The third-order valence-electron chi connectivity index (χ3n) is 10.0. The predicted octanol–water partition coefficient (Wildman–Crippen LogP) is 3.27. The summed E-state index contributed by atoms with van der Waals surface area (Å²) < 4.78 is 22.5. The molecule has 0 aromatic heterocycles. The Labute approximate surface area is 283 Å². The Morgan fingerprint density at radius 2 is 1.73 bits per heavy atom. The smallest absolute Gasteiger partial charge is 0.349 e. The van der Waals surface area contributed by atoms with Crippen LogP contribution in [0.25, 0.3) is 0 Å². The highest BCUT2D eigenvalue weighted by atomic mass is 16.6. The van der Waals surface area contributed by atoms with E-state index in [-0.39, 0.29) is 35.3 Å².